The number of hydrogen-bond acceptors (Lipinski definition) is 3. The Morgan fingerprint density at radius 3 is 2.33 bits per heavy atom. The van der Waals surface area contributed by atoms with Crippen molar-refractivity contribution in [2.24, 2.45) is 4.99 Å². The number of rotatable bonds is 7. The standard InChI is InChI=1S/C21H35N5O/c1-22-21(23-14-15-26(4)19-8-6-5-7-9-19)24-16-17-10-12-18(13-11-17)20(27)25(2)3/h10-13,19H,5-9,14-16H2,1-4H3,(H2,22,23,24). The summed E-state index contributed by atoms with van der Waals surface area (Å²) >= 11 is 0. The van der Waals surface area contributed by atoms with Gasteiger partial charge in [-0.3, -0.25) is 9.79 Å². The van der Waals surface area contributed by atoms with E-state index in [4.69, 9.17) is 0 Å². The summed E-state index contributed by atoms with van der Waals surface area (Å²) in [5.74, 6) is 0.828. The van der Waals surface area contributed by atoms with Crippen molar-refractivity contribution in [3.8, 4) is 0 Å². The largest absolute Gasteiger partial charge is 0.355 e. The van der Waals surface area contributed by atoms with Gasteiger partial charge >= 0.3 is 0 Å². The number of guanidine groups is 1. The van der Waals surface area contributed by atoms with E-state index in [1.54, 1.807) is 26.0 Å². The summed E-state index contributed by atoms with van der Waals surface area (Å²) < 4.78 is 0. The zero-order valence-corrected chi connectivity index (χ0v) is 17.3. The van der Waals surface area contributed by atoms with Crippen molar-refractivity contribution in [1.82, 2.24) is 20.4 Å². The highest BCUT2D eigenvalue weighted by Crippen LogP contribution is 2.21. The van der Waals surface area contributed by atoms with Gasteiger partial charge in [-0.25, -0.2) is 0 Å². The van der Waals surface area contributed by atoms with Gasteiger partial charge in [0, 0.05) is 52.4 Å². The van der Waals surface area contributed by atoms with Crippen LogP contribution in [0.5, 0.6) is 0 Å². The third kappa shape index (κ3) is 6.86. The fourth-order valence-electron chi connectivity index (χ4n) is 3.48. The monoisotopic (exact) mass is 373 g/mol. The van der Waals surface area contributed by atoms with Crippen LogP contribution in [0.3, 0.4) is 0 Å². The highest BCUT2D eigenvalue weighted by molar-refractivity contribution is 5.93. The zero-order valence-electron chi connectivity index (χ0n) is 17.3. The molecule has 0 saturated heterocycles. The molecule has 0 unspecified atom stereocenters. The fraction of sp³-hybridized carbons (Fsp3) is 0.619. The highest BCUT2D eigenvalue weighted by Gasteiger charge is 2.17. The Kier molecular flexibility index (Phi) is 8.58. The molecular formula is C21H35N5O. The molecule has 1 aliphatic carbocycles. The normalized spacial score (nSPS) is 15.7. The van der Waals surface area contributed by atoms with Crippen molar-refractivity contribution in [2.45, 2.75) is 44.7 Å². The molecule has 1 saturated carbocycles. The molecule has 0 aliphatic heterocycles. The van der Waals surface area contributed by atoms with E-state index < -0.39 is 0 Å². The van der Waals surface area contributed by atoms with E-state index in [1.807, 2.05) is 24.3 Å². The summed E-state index contributed by atoms with van der Waals surface area (Å²) in [6.07, 6.45) is 6.78. The average Bonchev–Trinajstić information content (AvgIpc) is 2.70. The van der Waals surface area contributed by atoms with Crippen molar-refractivity contribution in [1.29, 1.82) is 0 Å². The molecule has 0 bridgehead atoms. The molecule has 1 aromatic carbocycles. The molecule has 0 aromatic heterocycles. The number of carbonyl (C=O) groups excluding carboxylic acids is 1. The van der Waals surface area contributed by atoms with Gasteiger partial charge in [0.25, 0.3) is 5.91 Å². The maximum absolute atomic E-state index is 11.9. The van der Waals surface area contributed by atoms with Crippen LogP contribution < -0.4 is 10.6 Å². The molecule has 150 valence electrons. The molecule has 1 fully saturated rings. The van der Waals surface area contributed by atoms with Crippen LogP contribution in [0.1, 0.15) is 48.0 Å². The van der Waals surface area contributed by atoms with Crippen molar-refractivity contribution in [3.05, 3.63) is 35.4 Å². The number of nitrogens with zero attached hydrogens (tertiary/aromatic N) is 3. The van der Waals surface area contributed by atoms with E-state index in [1.165, 1.54) is 32.1 Å². The maximum atomic E-state index is 11.9. The Morgan fingerprint density at radius 2 is 1.74 bits per heavy atom. The van der Waals surface area contributed by atoms with Gasteiger partial charge < -0.3 is 20.4 Å². The van der Waals surface area contributed by atoms with Crippen molar-refractivity contribution in [2.75, 3.05) is 41.3 Å². The van der Waals surface area contributed by atoms with Gasteiger partial charge in [0.15, 0.2) is 5.96 Å². The lowest BCUT2D eigenvalue weighted by Gasteiger charge is -2.31. The topological polar surface area (TPSA) is 60.0 Å². The third-order valence-electron chi connectivity index (χ3n) is 5.25. The van der Waals surface area contributed by atoms with Crippen LogP contribution in [-0.2, 0) is 6.54 Å². The van der Waals surface area contributed by atoms with E-state index in [2.05, 4.69) is 27.6 Å². The Balaban J connectivity index is 1.72. The van der Waals surface area contributed by atoms with Crippen LogP contribution in [0.4, 0.5) is 0 Å². The van der Waals surface area contributed by atoms with Crippen molar-refractivity contribution >= 4 is 11.9 Å². The van der Waals surface area contributed by atoms with Crippen LogP contribution in [0.2, 0.25) is 0 Å². The Labute approximate surface area is 164 Å². The van der Waals surface area contributed by atoms with E-state index >= 15 is 0 Å². The Bertz CT molecular complexity index is 606. The summed E-state index contributed by atoms with van der Waals surface area (Å²) in [7, 11) is 7.54. The summed E-state index contributed by atoms with van der Waals surface area (Å²) in [5.41, 5.74) is 1.82. The number of hydrogen-bond donors (Lipinski definition) is 2. The van der Waals surface area contributed by atoms with Gasteiger partial charge in [-0.1, -0.05) is 31.4 Å². The Hall–Kier alpha value is -2.08. The molecule has 0 radical (unpaired) electrons. The molecule has 27 heavy (non-hydrogen) atoms. The SMILES string of the molecule is CN=C(NCCN(C)C1CCCCC1)NCc1ccc(C(=O)N(C)C)cc1. The van der Waals surface area contributed by atoms with E-state index in [9.17, 15) is 4.79 Å². The van der Waals surface area contributed by atoms with Gasteiger partial charge in [-0.2, -0.15) is 0 Å². The molecule has 1 amide bonds. The van der Waals surface area contributed by atoms with Gasteiger partial charge in [0.1, 0.15) is 0 Å². The molecule has 0 heterocycles. The van der Waals surface area contributed by atoms with Crippen LogP contribution >= 0.6 is 0 Å². The lowest BCUT2D eigenvalue weighted by molar-refractivity contribution is 0.0827. The summed E-state index contributed by atoms with van der Waals surface area (Å²) in [6, 6.07) is 8.43. The third-order valence-corrected chi connectivity index (χ3v) is 5.25. The smallest absolute Gasteiger partial charge is 0.253 e. The molecule has 1 aliphatic rings. The van der Waals surface area contributed by atoms with E-state index in [0.717, 1.165) is 30.7 Å². The maximum Gasteiger partial charge on any atom is 0.253 e. The summed E-state index contributed by atoms with van der Waals surface area (Å²) in [6.45, 7) is 2.57. The molecule has 2 rings (SSSR count). The predicted molar refractivity (Wildman–Crippen MR) is 112 cm³/mol. The first-order chi connectivity index (χ1) is 13.0. The van der Waals surface area contributed by atoms with Gasteiger partial charge in [-0.05, 0) is 37.6 Å². The van der Waals surface area contributed by atoms with Crippen LogP contribution in [-0.4, -0.2) is 69.0 Å². The van der Waals surface area contributed by atoms with Crippen molar-refractivity contribution < 1.29 is 4.79 Å². The van der Waals surface area contributed by atoms with Crippen LogP contribution in [0, 0.1) is 0 Å². The van der Waals surface area contributed by atoms with E-state index in [0.29, 0.717) is 12.1 Å². The summed E-state index contributed by atoms with van der Waals surface area (Å²) in [5, 5.41) is 6.73. The van der Waals surface area contributed by atoms with Gasteiger partial charge in [0.2, 0.25) is 0 Å². The molecule has 6 heteroatoms. The number of likely N-dealkylation sites (N-methyl/N-ethyl adjacent to an activating group) is 1. The highest BCUT2D eigenvalue weighted by atomic mass is 16.2. The lowest BCUT2D eigenvalue weighted by Crippen LogP contribution is -2.43. The average molecular weight is 374 g/mol. The minimum Gasteiger partial charge on any atom is -0.355 e. The molecule has 0 atom stereocenters. The molecule has 1 aromatic rings. The predicted octanol–water partition coefficient (Wildman–Crippen LogP) is 2.32. The number of nitrogens with one attached hydrogen (secondary N) is 2. The minimum atomic E-state index is 0.0223. The number of amides is 1. The molecular weight excluding hydrogens is 338 g/mol. The first-order valence-corrected chi connectivity index (χ1v) is 9.96. The lowest BCUT2D eigenvalue weighted by atomic mass is 9.94. The fourth-order valence-corrected chi connectivity index (χ4v) is 3.48. The van der Waals surface area contributed by atoms with E-state index in [-0.39, 0.29) is 5.91 Å². The quantitative estimate of drug-likeness (QED) is 0.569. The van der Waals surface area contributed by atoms with Crippen molar-refractivity contribution in [3.63, 3.8) is 0 Å². The zero-order chi connectivity index (χ0) is 19.6. The number of carbonyl (C=O) groups is 1. The molecule has 0 spiro atoms. The van der Waals surface area contributed by atoms with Crippen LogP contribution in [0.15, 0.2) is 29.3 Å². The molecule has 2 N–H and O–H groups in total. The van der Waals surface area contributed by atoms with Gasteiger partial charge in [0.05, 0.1) is 0 Å². The van der Waals surface area contributed by atoms with Crippen LogP contribution in [0.25, 0.3) is 0 Å². The Morgan fingerprint density at radius 1 is 1.07 bits per heavy atom. The minimum absolute atomic E-state index is 0.0223. The second-order valence-corrected chi connectivity index (χ2v) is 7.52. The first-order valence-electron chi connectivity index (χ1n) is 9.96. The number of benzene rings is 1. The summed E-state index contributed by atoms with van der Waals surface area (Å²) in [4.78, 5) is 20.3. The number of aliphatic imine (C=N–C) groups is 1. The first kappa shape index (κ1) is 21.2. The van der Waals surface area contributed by atoms with Gasteiger partial charge in [-0.15, -0.1) is 0 Å². The molecule has 6 nitrogen and oxygen atoms in total. The second-order valence-electron chi connectivity index (χ2n) is 7.52. The second kappa shape index (κ2) is 10.9.